The van der Waals surface area contributed by atoms with Gasteiger partial charge in [0.25, 0.3) is 0 Å². The highest BCUT2D eigenvalue weighted by molar-refractivity contribution is 5.71. The van der Waals surface area contributed by atoms with Crippen LogP contribution in [0.5, 0.6) is 0 Å². The van der Waals surface area contributed by atoms with Gasteiger partial charge in [0.2, 0.25) is 0 Å². The van der Waals surface area contributed by atoms with E-state index in [0.717, 1.165) is 122 Å². The Morgan fingerprint density at radius 2 is 0.476 bits per heavy atom. The first-order valence-corrected chi connectivity index (χ1v) is 34.9. The van der Waals surface area contributed by atoms with Gasteiger partial charge in [0.15, 0.2) is 6.10 Å². The highest BCUT2D eigenvalue weighted by atomic mass is 16.6. The van der Waals surface area contributed by atoms with E-state index >= 15 is 0 Å². The molecule has 0 aliphatic rings. The Hall–Kier alpha value is -3.93. The molecule has 6 heteroatoms. The van der Waals surface area contributed by atoms with E-state index in [1.165, 1.54) is 173 Å². The number of carbonyl (C=O) groups is 3. The third-order valence-corrected chi connectivity index (χ3v) is 15.0. The number of esters is 3. The maximum absolute atomic E-state index is 13.0. The van der Waals surface area contributed by atoms with Crippen LogP contribution in [0.4, 0.5) is 0 Å². The lowest BCUT2D eigenvalue weighted by Gasteiger charge is -2.18. The van der Waals surface area contributed by atoms with E-state index in [9.17, 15) is 14.4 Å². The number of rotatable bonds is 63. The quantitative estimate of drug-likeness (QED) is 0.0261. The average Bonchev–Trinajstić information content (AvgIpc) is 3.47. The third-order valence-electron chi connectivity index (χ3n) is 15.0. The van der Waals surface area contributed by atoms with E-state index in [-0.39, 0.29) is 31.1 Å². The van der Waals surface area contributed by atoms with Crippen molar-refractivity contribution in [2.75, 3.05) is 13.2 Å². The van der Waals surface area contributed by atoms with Crippen molar-refractivity contribution in [3.05, 3.63) is 109 Å². The molecule has 0 heterocycles. The van der Waals surface area contributed by atoms with Crippen LogP contribution in [0.1, 0.15) is 335 Å². The molecule has 0 amide bonds. The first-order chi connectivity index (χ1) is 40.5. The van der Waals surface area contributed by atoms with Crippen molar-refractivity contribution in [2.24, 2.45) is 0 Å². The topological polar surface area (TPSA) is 78.9 Å². The zero-order chi connectivity index (χ0) is 59.2. The van der Waals surface area contributed by atoms with Crippen molar-refractivity contribution in [3.8, 4) is 0 Å². The summed E-state index contributed by atoms with van der Waals surface area (Å²) in [5.74, 6) is -0.911. The molecule has 0 bridgehead atoms. The maximum atomic E-state index is 13.0. The van der Waals surface area contributed by atoms with Gasteiger partial charge in [-0.05, 0) is 128 Å². The fourth-order valence-electron chi connectivity index (χ4n) is 9.77. The second kappa shape index (κ2) is 69.6. The Morgan fingerprint density at radius 3 is 0.768 bits per heavy atom. The zero-order valence-corrected chi connectivity index (χ0v) is 54.0. The molecule has 0 saturated carbocycles. The highest BCUT2D eigenvalue weighted by Gasteiger charge is 2.19. The first kappa shape index (κ1) is 78.1. The van der Waals surface area contributed by atoms with Crippen LogP contribution in [0.25, 0.3) is 0 Å². The summed E-state index contributed by atoms with van der Waals surface area (Å²) in [5, 5.41) is 0. The summed E-state index contributed by atoms with van der Waals surface area (Å²) in [7, 11) is 0. The molecule has 6 nitrogen and oxygen atoms in total. The van der Waals surface area contributed by atoms with Gasteiger partial charge in [0, 0.05) is 19.3 Å². The number of unbranched alkanes of at least 4 members (excludes halogenated alkanes) is 34. The summed E-state index contributed by atoms with van der Waals surface area (Å²) in [4.78, 5) is 38.5. The number of allylic oxidation sites excluding steroid dienone is 18. The molecular weight excluding hydrogens is 1010 g/mol. The number of hydrogen-bond acceptors (Lipinski definition) is 6. The average molecular weight is 1140 g/mol. The van der Waals surface area contributed by atoms with Gasteiger partial charge >= 0.3 is 17.9 Å². The molecule has 0 radical (unpaired) electrons. The Morgan fingerprint density at radius 1 is 0.256 bits per heavy atom. The molecule has 0 aromatic carbocycles. The molecule has 0 rings (SSSR count). The molecule has 0 aromatic heterocycles. The molecule has 0 fully saturated rings. The predicted molar refractivity (Wildman–Crippen MR) is 357 cm³/mol. The van der Waals surface area contributed by atoms with E-state index < -0.39 is 6.10 Å². The fourth-order valence-corrected chi connectivity index (χ4v) is 9.77. The molecule has 1 unspecified atom stereocenters. The van der Waals surface area contributed by atoms with Crippen LogP contribution in [-0.4, -0.2) is 37.2 Å². The van der Waals surface area contributed by atoms with E-state index in [0.29, 0.717) is 19.3 Å². The van der Waals surface area contributed by atoms with Gasteiger partial charge < -0.3 is 14.2 Å². The first-order valence-electron chi connectivity index (χ1n) is 34.9. The molecule has 0 spiro atoms. The SMILES string of the molecule is CC/C=C\C/C=C\C/C=C\C/C=C\C/C=C\C/C=C\CCCCCCC(=O)OCC(COC(=O)CCCCCCCCC/C=C\C/C=C\CCCCCC)OC(=O)CCCCCCCCCCCCC/C=C\CCCCCCCCCC. The maximum Gasteiger partial charge on any atom is 0.306 e. The van der Waals surface area contributed by atoms with E-state index in [2.05, 4.69) is 130 Å². The highest BCUT2D eigenvalue weighted by Crippen LogP contribution is 2.16. The summed E-state index contributed by atoms with van der Waals surface area (Å²) in [6.45, 7) is 6.52. The van der Waals surface area contributed by atoms with Crippen molar-refractivity contribution >= 4 is 17.9 Å². The van der Waals surface area contributed by atoms with Gasteiger partial charge in [-0.2, -0.15) is 0 Å². The van der Waals surface area contributed by atoms with Crippen LogP contribution in [-0.2, 0) is 28.6 Å². The second-order valence-corrected chi connectivity index (χ2v) is 23.1. The van der Waals surface area contributed by atoms with Crippen molar-refractivity contribution < 1.29 is 28.6 Å². The smallest absolute Gasteiger partial charge is 0.306 e. The van der Waals surface area contributed by atoms with Crippen LogP contribution in [0.3, 0.4) is 0 Å². The molecular formula is C76H130O6. The Balaban J connectivity index is 4.44. The second-order valence-electron chi connectivity index (χ2n) is 23.1. The molecule has 82 heavy (non-hydrogen) atoms. The molecule has 1 atom stereocenters. The van der Waals surface area contributed by atoms with E-state index in [1.54, 1.807) is 0 Å². The molecule has 0 N–H and O–H groups in total. The van der Waals surface area contributed by atoms with Crippen molar-refractivity contribution in [3.63, 3.8) is 0 Å². The number of hydrogen-bond donors (Lipinski definition) is 0. The van der Waals surface area contributed by atoms with Crippen LogP contribution in [0.15, 0.2) is 109 Å². The van der Waals surface area contributed by atoms with Crippen LogP contribution >= 0.6 is 0 Å². The van der Waals surface area contributed by atoms with Crippen LogP contribution in [0.2, 0.25) is 0 Å². The summed E-state index contributed by atoms with van der Waals surface area (Å²) < 4.78 is 17.0. The van der Waals surface area contributed by atoms with Crippen molar-refractivity contribution in [1.82, 2.24) is 0 Å². The summed E-state index contributed by atoms with van der Waals surface area (Å²) in [6, 6.07) is 0. The summed E-state index contributed by atoms with van der Waals surface area (Å²) in [5.41, 5.74) is 0. The minimum absolute atomic E-state index is 0.0906. The lowest BCUT2D eigenvalue weighted by Crippen LogP contribution is -2.30. The van der Waals surface area contributed by atoms with Crippen molar-refractivity contribution in [2.45, 2.75) is 341 Å². The standard InChI is InChI=1S/C76H130O6/c1-4-7-10-13-16-19-22-25-28-31-34-36-38-40-42-45-48-51-54-57-60-63-66-69-75(78)81-72-73(71-80-74(77)68-65-62-59-56-53-50-47-44-33-30-27-24-21-18-15-12-9-6-3)82-76(79)70-67-64-61-58-55-52-49-46-43-41-39-37-35-32-29-26-23-20-17-14-11-8-5-2/h7,10,16,19,21,24-25,28,30,32-36,40,42,48,51,73H,4-6,8-9,11-15,17-18,20,22-23,26-27,29,31,37-39,41,43-47,49-50,52-72H2,1-3H3/b10-7-,19-16-,24-21-,28-25-,33-30-,35-32-,36-34-,42-40-,51-48-. The van der Waals surface area contributed by atoms with Gasteiger partial charge in [-0.25, -0.2) is 0 Å². The molecule has 0 aliphatic heterocycles. The molecule has 0 aliphatic carbocycles. The van der Waals surface area contributed by atoms with Gasteiger partial charge in [-0.3, -0.25) is 14.4 Å². The number of ether oxygens (including phenoxy) is 3. The Bertz CT molecular complexity index is 1640. The minimum atomic E-state index is -0.797. The predicted octanol–water partition coefficient (Wildman–Crippen LogP) is 24.2. The van der Waals surface area contributed by atoms with E-state index in [1.807, 2.05) is 0 Å². The van der Waals surface area contributed by atoms with Crippen LogP contribution < -0.4 is 0 Å². The van der Waals surface area contributed by atoms with E-state index in [4.69, 9.17) is 14.2 Å². The number of carbonyl (C=O) groups excluding carboxylic acids is 3. The summed E-state index contributed by atoms with van der Waals surface area (Å²) in [6.07, 6.45) is 95.3. The lowest BCUT2D eigenvalue weighted by atomic mass is 10.0. The van der Waals surface area contributed by atoms with Gasteiger partial charge in [-0.1, -0.05) is 297 Å². The monoisotopic (exact) mass is 1140 g/mol. The summed E-state index contributed by atoms with van der Waals surface area (Å²) >= 11 is 0. The molecule has 470 valence electrons. The normalized spacial score (nSPS) is 12.8. The lowest BCUT2D eigenvalue weighted by molar-refractivity contribution is -0.167. The van der Waals surface area contributed by atoms with Gasteiger partial charge in [0.1, 0.15) is 13.2 Å². The van der Waals surface area contributed by atoms with Gasteiger partial charge in [0.05, 0.1) is 0 Å². The van der Waals surface area contributed by atoms with Gasteiger partial charge in [-0.15, -0.1) is 0 Å². The Labute approximate surface area is 508 Å². The molecule has 0 saturated heterocycles. The fraction of sp³-hybridized carbons (Fsp3) is 0.724. The minimum Gasteiger partial charge on any atom is -0.462 e. The molecule has 0 aromatic rings. The third kappa shape index (κ3) is 66.9. The van der Waals surface area contributed by atoms with Crippen molar-refractivity contribution in [1.29, 1.82) is 0 Å². The largest absolute Gasteiger partial charge is 0.462 e. The van der Waals surface area contributed by atoms with Crippen LogP contribution in [0, 0.1) is 0 Å². The Kier molecular flexibility index (Phi) is 66.2. The zero-order valence-electron chi connectivity index (χ0n) is 54.0.